The maximum absolute atomic E-state index is 6.76. The molecule has 2 aliphatic carbocycles. The minimum absolute atomic E-state index is 0.0566. The van der Waals surface area contributed by atoms with Crippen LogP contribution in [0.25, 0.3) is 87.7 Å². The molecule has 14 aromatic rings. The number of nitrogens with zero attached hydrogens (tertiary/aromatic N) is 2. The highest BCUT2D eigenvalue weighted by Gasteiger charge is 2.54. The smallest absolute Gasteiger partial charge is 0.159 e. The van der Waals surface area contributed by atoms with Crippen LogP contribution in [0.15, 0.2) is 251 Å². The topological polar surface area (TPSA) is 32.8 Å². The van der Waals surface area contributed by atoms with E-state index in [2.05, 4.69) is 282 Å². The summed E-state index contributed by atoms with van der Waals surface area (Å²) >= 11 is 0. The van der Waals surface area contributed by atoms with Crippen molar-refractivity contribution in [1.29, 1.82) is 0 Å². The number of rotatable bonds is 6. The molecule has 0 bridgehead atoms. The van der Waals surface area contributed by atoms with Crippen LogP contribution in [0, 0.1) is 0 Å². The monoisotopic (exact) mass is 1040 g/mol. The molecule has 0 atom stereocenters. The minimum Gasteiger partial charge on any atom is -0.454 e. The van der Waals surface area contributed by atoms with E-state index in [1.807, 2.05) is 12.1 Å². The Balaban J connectivity index is 0.959. The van der Waals surface area contributed by atoms with Gasteiger partial charge in [0.2, 0.25) is 0 Å². The second-order valence-corrected chi connectivity index (χ2v) is 24.4. The van der Waals surface area contributed by atoms with Gasteiger partial charge < -0.3 is 18.6 Å². The first kappa shape index (κ1) is 47.4. The van der Waals surface area contributed by atoms with Gasteiger partial charge in [0.05, 0.1) is 16.8 Å². The molecule has 16 rings (SSSR count). The van der Waals surface area contributed by atoms with Gasteiger partial charge in [-0.1, -0.05) is 211 Å². The van der Waals surface area contributed by atoms with Crippen molar-refractivity contribution in [1.82, 2.24) is 0 Å². The summed E-state index contributed by atoms with van der Waals surface area (Å²) < 4.78 is 13.5. The van der Waals surface area contributed by atoms with Crippen LogP contribution in [-0.4, -0.2) is 0 Å². The number of anilines is 6. The van der Waals surface area contributed by atoms with E-state index in [-0.39, 0.29) is 10.8 Å². The maximum Gasteiger partial charge on any atom is 0.159 e. The molecule has 0 amide bonds. The Morgan fingerprint density at radius 2 is 0.716 bits per heavy atom. The average Bonchev–Trinajstić information content (AvgIpc) is 3.79. The van der Waals surface area contributed by atoms with Crippen LogP contribution in [0.5, 0.6) is 0 Å². The molecule has 4 nitrogen and oxygen atoms in total. The van der Waals surface area contributed by atoms with E-state index in [0.717, 1.165) is 78.0 Å². The van der Waals surface area contributed by atoms with E-state index in [0.29, 0.717) is 0 Å². The van der Waals surface area contributed by atoms with Crippen molar-refractivity contribution < 1.29 is 8.83 Å². The molecule has 388 valence electrons. The lowest BCUT2D eigenvalue weighted by molar-refractivity contribution is 0.589. The first-order valence-electron chi connectivity index (χ1n) is 28.4. The van der Waals surface area contributed by atoms with Crippen LogP contribution < -0.4 is 9.80 Å². The summed E-state index contributed by atoms with van der Waals surface area (Å²) in [7, 11) is 0. The number of para-hydroxylation sites is 6. The molecule has 2 aromatic heterocycles. The molecule has 0 unspecified atom stereocenters. The van der Waals surface area contributed by atoms with Crippen molar-refractivity contribution in [3.8, 4) is 22.3 Å². The van der Waals surface area contributed by atoms with Crippen LogP contribution in [0.1, 0.15) is 74.9 Å². The quantitative estimate of drug-likeness (QED) is 0.166. The molecule has 0 N–H and O–H groups in total. The Bertz CT molecular complexity index is 4600. The molecular formula is C77H58N2O2. The summed E-state index contributed by atoms with van der Waals surface area (Å²) in [5, 5.41) is 9.24. The first-order valence-corrected chi connectivity index (χ1v) is 28.4. The van der Waals surface area contributed by atoms with Gasteiger partial charge in [-0.15, -0.1) is 0 Å². The van der Waals surface area contributed by atoms with Gasteiger partial charge in [0.15, 0.2) is 11.2 Å². The number of hydrogen-bond acceptors (Lipinski definition) is 4. The second-order valence-electron chi connectivity index (χ2n) is 24.4. The van der Waals surface area contributed by atoms with Crippen molar-refractivity contribution in [3.63, 3.8) is 0 Å². The first-order chi connectivity index (χ1) is 39.4. The Morgan fingerprint density at radius 3 is 1.15 bits per heavy atom. The summed E-state index contributed by atoms with van der Waals surface area (Å²) in [5.41, 5.74) is 22.1. The Morgan fingerprint density at radius 1 is 0.309 bits per heavy atom. The van der Waals surface area contributed by atoms with Crippen molar-refractivity contribution >= 4 is 99.5 Å². The summed E-state index contributed by atoms with van der Waals surface area (Å²) in [6, 6.07) is 89.8. The van der Waals surface area contributed by atoms with Gasteiger partial charge in [0, 0.05) is 44.3 Å². The average molecular weight is 1040 g/mol. The van der Waals surface area contributed by atoms with Crippen LogP contribution in [0.3, 0.4) is 0 Å². The summed E-state index contributed by atoms with van der Waals surface area (Å²) in [4.78, 5) is 4.73. The highest BCUT2D eigenvalue weighted by molar-refractivity contribution is 6.14. The highest BCUT2D eigenvalue weighted by Crippen LogP contribution is 2.66. The van der Waals surface area contributed by atoms with Gasteiger partial charge in [0.1, 0.15) is 11.2 Å². The standard InChI is InChI=1S/C77H58N2O2/c1-75(2,3)49-33-41-65-63(45-49)64-46-50(76(4,5)6)34-42-66(64)77(65)71-55-39-35-53(78(51-19-9-7-10-20-51)67-27-17-25-61-57-23-13-15-29-69(57)80-73(61)67)43-47(55)31-37-59(71)60-38-32-48-44-54(36-40-56(48)72(60)77)79(52-21-11-8-12-22-52)68-28-18-26-62-58-24-14-16-30-70(58)81-74(62)68/h7-46H,1-6H3. The third-order valence-electron chi connectivity index (χ3n) is 17.7. The molecule has 4 heteroatoms. The molecular weight excluding hydrogens is 985 g/mol. The molecule has 0 saturated carbocycles. The second kappa shape index (κ2) is 17.2. The summed E-state index contributed by atoms with van der Waals surface area (Å²) in [5.74, 6) is 0. The third kappa shape index (κ3) is 6.90. The van der Waals surface area contributed by atoms with Crippen LogP contribution >= 0.6 is 0 Å². The zero-order valence-corrected chi connectivity index (χ0v) is 46.3. The fourth-order valence-electron chi connectivity index (χ4n) is 13.9. The maximum atomic E-state index is 6.76. The van der Waals surface area contributed by atoms with Gasteiger partial charge >= 0.3 is 0 Å². The lowest BCUT2D eigenvalue weighted by Crippen LogP contribution is -2.27. The largest absolute Gasteiger partial charge is 0.454 e. The van der Waals surface area contributed by atoms with Gasteiger partial charge in [-0.25, -0.2) is 0 Å². The van der Waals surface area contributed by atoms with E-state index < -0.39 is 5.41 Å². The molecule has 0 aliphatic heterocycles. The molecule has 2 aliphatic rings. The fraction of sp³-hybridized carbons (Fsp3) is 0.117. The van der Waals surface area contributed by atoms with Crippen LogP contribution in [0.4, 0.5) is 34.1 Å². The van der Waals surface area contributed by atoms with Gasteiger partial charge in [-0.2, -0.15) is 0 Å². The summed E-state index contributed by atoms with van der Waals surface area (Å²) in [6.07, 6.45) is 0. The number of fused-ring (bicyclic) bond motifs is 20. The van der Waals surface area contributed by atoms with Crippen molar-refractivity contribution in [2.24, 2.45) is 0 Å². The van der Waals surface area contributed by atoms with E-state index >= 15 is 0 Å². The predicted molar refractivity (Wildman–Crippen MR) is 339 cm³/mol. The Hall–Kier alpha value is -9.64. The number of hydrogen-bond donors (Lipinski definition) is 0. The van der Waals surface area contributed by atoms with Crippen LogP contribution in [-0.2, 0) is 16.2 Å². The predicted octanol–water partition coefficient (Wildman–Crippen LogP) is 21.7. The number of furan rings is 2. The molecule has 2 heterocycles. The van der Waals surface area contributed by atoms with E-state index in [4.69, 9.17) is 8.83 Å². The lowest BCUT2D eigenvalue weighted by atomic mass is 9.68. The van der Waals surface area contributed by atoms with Gasteiger partial charge in [-0.3, -0.25) is 0 Å². The molecule has 0 radical (unpaired) electrons. The van der Waals surface area contributed by atoms with E-state index in [1.165, 1.54) is 77.2 Å². The normalized spacial score (nSPS) is 13.4. The molecule has 0 saturated heterocycles. The van der Waals surface area contributed by atoms with Crippen molar-refractivity contribution in [2.75, 3.05) is 9.80 Å². The molecule has 81 heavy (non-hydrogen) atoms. The fourth-order valence-corrected chi connectivity index (χ4v) is 13.9. The van der Waals surface area contributed by atoms with Gasteiger partial charge in [0.25, 0.3) is 0 Å². The van der Waals surface area contributed by atoms with Crippen LogP contribution in [0.2, 0.25) is 0 Å². The summed E-state index contributed by atoms with van der Waals surface area (Å²) in [6.45, 7) is 14.0. The zero-order chi connectivity index (χ0) is 54.5. The lowest BCUT2D eigenvalue weighted by Gasteiger charge is -2.33. The highest BCUT2D eigenvalue weighted by atomic mass is 16.3. The Kier molecular flexibility index (Phi) is 10.0. The molecule has 0 fully saturated rings. The van der Waals surface area contributed by atoms with Gasteiger partial charge in [-0.05, 0) is 161 Å². The van der Waals surface area contributed by atoms with Crippen molar-refractivity contribution in [3.05, 3.63) is 276 Å². The molecule has 12 aromatic carbocycles. The van der Waals surface area contributed by atoms with Crippen molar-refractivity contribution in [2.45, 2.75) is 57.8 Å². The zero-order valence-electron chi connectivity index (χ0n) is 46.3. The third-order valence-corrected chi connectivity index (χ3v) is 17.7. The SMILES string of the molecule is CC(C)(C)c1ccc2c(c1)-c1cc(C(C)(C)C)ccc1C21c2c(ccc3cc(N(c4ccccc4)c4cccc5c4oc4ccccc45)ccc23)-c2ccc3cc(N(c4ccccc4)c4cccc5c4oc4ccccc45)ccc3c21. The van der Waals surface area contributed by atoms with E-state index in [9.17, 15) is 0 Å². The number of benzene rings is 12. The Labute approximate surface area is 471 Å². The minimum atomic E-state index is -0.664. The van der Waals surface area contributed by atoms with E-state index in [1.54, 1.807) is 0 Å². The molecule has 1 spiro atoms.